The second-order valence-electron chi connectivity index (χ2n) is 6.33. The maximum absolute atomic E-state index is 12.4. The number of ketones is 1. The molecule has 0 bridgehead atoms. The van der Waals surface area contributed by atoms with Crippen LogP contribution in [0.25, 0.3) is 11.0 Å². The van der Waals surface area contributed by atoms with Crippen molar-refractivity contribution in [3.05, 3.63) is 23.5 Å². The van der Waals surface area contributed by atoms with Gasteiger partial charge < -0.3 is 13.9 Å². The van der Waals surface area contributed by atoms with E-state index in [-0.39, 0.29) is 11.2 Å². The van der Waals surface area contributed by atoms with E-state index >= 15 is 0 Å². The first-order valence-electron chi connectivity index (χ1n) is 6.92. The van der Waals surface area contributed by atoms with Crippen molar-refractivity contribution < 1.29 is 18.7 Å². The van der Waals surface area contributed by atoms with Crippen LogP contribution in [-0.2, 0) is 6.42 Å². The Labute approximate surface area is 116 Å². The summed E-state index contributed by atoms with van der Waals surface area (Å²) in [6.07, 6.45) is 1.35. The Morgan fingerprint density at radius 1 is 1.05 bits per heavy atom. The van der Waals surface area contributed by atoms with Gasteiger partial charge in [-0.1, -0.05) is 13.8 Å². The molecule has 1 aliphatic carbocycles. The Hall–Kier alpha value is -1.97. The summed E-state index contributed by atoms with van der Waals surface area (Å²) in [6.45, 7) is 5.28. The van der Waals surface area contributed by atoms with Gasteiger partial charge in [-0.25, -0.2) is 0 Å². The monoisotopic (exact) mass is 272 g/mol. The number of benzene rings is 1. The molecule has 0 N–H and O–H groups in total. The zero-order valence-electron chi connectivity index (χ0n) is 11.6. The van der Waals surface area contributed by atoms with E-state index in [0.717, 1.165) is 23.1 Å². The summed E-state index contributed by atoms with van der Waals surface area (Å²) in [4.78, 5) is 12.4. The first-order valence-corrected chi connectivity index (χ1v) is 6.92. The second kappa shape index (κ2) is 3.78. The molecule has 1 aromatic heterocycles. The first-order chi connectivity index (χ1) is 9.53. The van der Waals surface area contributed by atoms with Gasteiger partial charge >= 0.3 is 0 Å². The van der Waals surface area contributed by atoms with Gasteiger partial charge in [0, 0.05) is 24.3 Å². The summed E-state index contributed by atoms with van der Waals surface area (Å²) in [5.74, 6) is 2.35. The van der Waals surface area contributed by atoms with Crippen LogP contribution in [0, 0.1) is 5.41 Å². The third-order valence-corrected chi connectivity index (χ3v) is 3.98. The number of ether oxygens (including phenoxy) is 2. The molecule has 0 fully saturated rings. The molecular weight excluding hydrogens is 256 g/mol. The molecule has 0 spiro atoms. The summed E-state index contributed by atoms with van der Waals surface area (Å²) >= 11 is 0. The average molecular weight is 272 g/mol. The van der Waals surface area contributed by atoms with Gasteiger partial charge in [-0.2, -0.15) is 0 Å². The molecule has 0 saturated carbocycles. The SMILES string of the molecule is CC1(C)CC(=O)c2c(oc3cc4c(cc23)OCCO4)C1. The number of Topliss-reactive ketones (excluding diaryl/α,β-unsaturated/α-hetero) is 1. The fourth-order valence-electron chi connectivity index (χ4n) is 3.13. The fourth-order valence-corrected chi connectivity index (χ4v) is 3.13. The van der Waals surface area contributed by atoms with Crippen molar-refractivity contribution in [1.82, 2.24) is 0 Å². The number of carbonyl (C=O) groups is 1. The summed E-state index contributed by atoms with van der Waals surface area (Å²) in [6, 6.07) is 3.71. The zero-order chi connectivity index (χ0) is 13.9. The minimum atomic E-state index is -0.0371. The van der Waals surface area contributed by atoms with Crippen molar-refractivity contribution in [2.24, 2.45) is 5.41 Å². The van der Waals surface area contributed by atoms with Crippen LogP contribution in [0.15, 0.2) is 16.5 Å². The van der Waals surface area contributed by atoms with Gasteiger partial charge in [0.25, 0.3) is 0 Å². The molecule has 2 aliphatic rings. The lowest BCUT2D eigenvalue weighted by Gasteiger charge is -2.27. The molecule has 4 heteroatoms. The Morgan fingerprint density at radius 3 is 2.50 bits per heavy atom. The van der Waals surface area contributed by atoms with E-state index in [1.165, 1.54) is 0 Å². The smallest absolute Gasteiger partial charge is 0.167 e. The van der Waals surface area contributed by atoms with E-state index in [2.05, 4.69) is 13.8 Å². The van der Waals surface area contributed by atoms with Gasteiger partial charge in [-0.3, -0.25) is 4.79 Å². The van der Waals surface area contributed by atoms with Crippen LogP contribution in [0.2, 0.25) is 0 Å². The largest absolute Gasteiger partial charge is 0.486 e. The molecule has 104 valence electrons. The van der Waals surface area contributed by atoms with Crippen molar-refractivity contribution in [3.63, 3.8) is 0 Å². The fraction of sp³-hybridized carbons (Fsp3) is 0.438. The van der Waals surface area contributed by atoms with E-state index in [1.807, 2.05) is 12.1 Å². The molecule has 4 nitrogen and oxygen atoms in total. The molecule has 1 aromatic carbocycles. The number of hydrogen-bond donors (Lipinski definition) is 0. The van der Waals surface area contributed by atoms with E-state index in [1.54, 1.807) is 0 Å². The highest BCUT2D eigenvalue weighted by Crippen LogP contribution is 2.43. The van der Waals surface area contributed by atoms with Crippen molar-refractivity contribution in [2.45, 2.75) is 26.7 Å². The second-order valence-corrected chi connectivity index (χ2v) is 6.33. The molecule has 4 rings (SSSR count). The standard InChI is InChI=1S/C16H16O4/c1-16(2)7-10(17)15-9-5-12-13(19-4-3-18-12)6-11(9)20-14(15)8-16/h5-6H,3-4,7-8H2,1-2H3. The molecule has 2 heterocycles. The number of fused-ring (bicyclic) bond motifs is 4. The predicted molar refractivity (Wildman–Crippen MR) is 73.6 cm³/mol. The number of rotatable bonds is 0. The van der Waals surface area contributed by atoms with E-state index in [4.69, 9.17) is 13.9 Å². The van der Waals surface area contributed by atoms with Gasteiger partial charge in [0.2, 0.25) is 0 Å². The van der Waals surface area contributed by atoms with Crippen LogP contribution in [-0.4, -0.2) is 19.0 Å². The Morgan fingerprint density at radius 2 is 1.75 bits per heavy atom. The van der Waals surface area contributed by atoms with Crippen LogP contribution >= 0.6 is 0 Å². The Bertz CT molecular complexity index is 724. The zero-order valence-corrected chi connectivity index (χ0v) is 11.6. The minimum absolute atomic E-state index is 0.0371. The summed E-state index contributed by atoms with van der Waals surface area (Å²) in [5, 5.41) is 0.852. The lowest BCUT2D eigenvalue weighted by atomic mass is 9.76. The molecular formula is C16H16O4. The Kier molecular flexibility index (Phi) is 2.23. The van der Waals surface area contributed by atoms with Crippen molar-refractivity contribution in [3.8, 4) is 11.5 Å². The molecule has 2 aromatic rings. The first kappa shape index (κ1) is 11.8. The normalized spacial score (nSPS) is 20.0. The predicted octanol–water partition coefficient (Wildman–Crippen LogP) is 3.36. The quantitative estimate of drug-likeness (QED) is 0.738. The van der Waals surface area contributed by atoms with Crippen LogP contribution < -0.4 is 9.47 Å². The topological polar surface area (TPSA) is 48.7 Å². The van der Waals surface area contributed by atoms with Crippen LogP contribution in [0.3, 0.4) is 0 Å². The molecule has 1 aliphatic heterocycles. The van der Waals surface area contributed by atoms with Gasteiger partial charge in [-0.05, 0) is 11.5 Å². The van der Waals surface area contributed by atoms with E-state index in [0.29, 0.717) is 36.7 Å². The molecule has 0 saturated heterocycles. The van der Waals surface area contributed by atoms with Crippen molar-refractivity contribution >= 4 is 16.8 Å². The number of furan rings is 1. The van der Waals surface area contributed by atoms with Crippen LogP contribution in [0.4, 0.5) is 0 Å². The summed E-state index contributed by atoms with van der Waals surface area (Å²) < 4.78 is 17.1. The third kappa shape index (κ3) is 1.64. The Balaban J connectivity index is 1.95. The highest BCUT2D eigenvalue weighted by Gasteiger charge is 2.35. The van der Waals surface area contributed by atoms with Gasteiger partial charge in [-0.15, -0.1) is 0 Å². The van der Waals surface area contributed by atoms with Crippen LogP contribution in [0.5, 0.6) is 11.5 Å². The number of carbonyl (C=O) groups excluding carboxylic acids is 1. The highest BCUT2D eigenvalue weighted by atomic mass is 16.6. The third-order valence-electron chi connectivity index (χ3n) is 3.98. The van der Waals surface area contributed by atoms with Gasteiger partial charge in [0.05, 0.1) is 5.56 Å². The lowest BCUT2D eigenvalue weighted by Crippen LogP contribution is -2.25. The lowest BCUT2D eigenvalue weighted by molar-refractivity contribution is 0.0906. The van der Waals surface area contributed by atoms with Crippen LogP contribution in [0.1, 0.15) is 36.4 Å². The average Bonchev–Trinajstić information content (AvgIpc) is 2.71. The van der Waals surface area contributed by atoms with Gasteiger partial charge in [0.15, 0.2) is 17.3 Å². The summed E-state index contributed by atoms with van der Waals surface area (Å²) in [5.41, 5.74) is 1.41. The maximum Gasteiger partial charge on any atom is 0.167 e. The molecule has 0 radical (unpaired) electrons. The van der Waals surface area contributed by atoms with Crippen molar-refractivity contribution in [1.29, 1.82) is 0 Å². The van der Waals surface area contributed by atoms with Gasteiger partial charge in [0.1, 0.15) is 24.6 Å². The number of hydrogen-bond acceptors (Lipinski definition) is 4. The van der Waals surface area contributed by atoms with Crippen molar-refractivity contribution in [2.75, 3.05) is 13.2 Å². The minimum Gasteiger partial charge on any atom is -0.486 e. The highest BCUT2D eigenvalue weighted by molar-refractivity contribution is 6.10. The van der Waals surface area contributed by atoms with E-state index < -0.39 is 0 Å². The molecule has 0 amide bonds. The maximum atomic E-state index is 12.4. The van der Waals surface area contributed by atoms with E-state index in [9.17, 15) is 4.79 Å². The molecule has 0 unspecified atom stereocenters. The summed E-state index contributed by atoms with van der Waals surface area (Å²) in [7, 11) is 0. The molecule has 20 heavy (non-hydrogen) atoms. The molecule has 0 atom stereocenters.